The monoisotopic (exact) mass is 576 g/mol. The lowest BCUT2D eigenvalue weighted by molar-refractivity contribution is 0.410. The van der Waals surface area contributed by atoms with Crippen LogP contribution in [-0.4, -0.2) is 35.5 Å². The van der Waals surface area contributed by atoms with Gasteiger partial charge in [0.25, 0.3) is 10.0 Å². The summed E-state index contributed by atoms with van der Waals surface area (Å²) in [6, 6.07) is 11.4. The van der Waals surface area contributed by atoms with E-state index in [2.05, 4.69) is 25.0 Å². The Kier molecular flexibility index (Phi) is 8.18. The minimum atomic E-state index is -3.93. The first-order valence-electron chi connectivity index (χ1n) is 13.5. The molecule has 0 aliphatic heterocycles. The predicted molar refractivity (Wildman–Crippen MR) is 157 cm³/mol. The minimum absolute atomic E-state index is 0.0750. The van der Waals surface area contributed by atoms with Crippen LogP contribution >= 0.6 is 0 Å². The Morgan fingerprint density at radius 2 is 1.68 bits per heavy atom. The lowest BCUT2D eigenvalue weighted by Gasteiger charge is -2.26. The average molecular weight is 577 g/mol. The van der Waals surface area contributed by atoms with Crippen molar-refractivity contribution in [1.82, 2.24) is 15.0 Å². The number of nitrogens with one attached hydrogen (secondary N) is 2. The van der Waals surface area contributed by atoms with Gasteiger partial charge in [-0.1, -0.05) is 17.7 Å². The molecule has 1 aliphatic carbocycles. The molecule has 2 aromatic carbocycles. The van der Waals surface area contributed by atoms with E-state index in [0.717, 1.165) is 37.3 Å². The number of hydrogen-bond donors (Lipinski definition) is 3. The van der Waals surface area contributed by atoms with E-state index < -0.39 is 15.8 Å². The molecule has 9 nitrogen and oxygen atoms in total. The highest BCUT2D eigenvalue weighted by molar-refractivity contribution is 7.92. The van der Waals surface area contributed by atoms with Crippen LogP contribution < -0.4 is 20.5 Å². The third kappa shape index (κ3) is 6.63. The third-order valence-electron chi connectivity index (χ3n) is 7.10. The molecule has 0 unspecified atom stereocenters. The highest BCUT2D eigenvalue weighted by Gasteiger charge is 2.22. The van der Waals surface area contributed by atoms with Crippen molar-refractivity contribution in [3.63, 3.8) is 0 Å². The number of pyridine rings is 1. The van der Waals surface area contributed by atoms with Crippen LogP contribution in [0.1, 0.15) is 42.4 Å². The van der Waals surface area contributed by atoms with Crippen LogP contribution in [-0.2, 0) is 10.0 Å². The summed E-state index contributed by atoms with van der Waals surface area (Å²) in [6.45, 7) is 5.38. The van der Waals surface area contributed by atoms with Gasteiger partial charge in [-0.3, -0.25) is 9.71 Å². The maximum Gasteiger partial charge on any atom is 0.262 e. The van der Waals surface area contributed by atoms with Crippen LogP contribution in [0, 0.1) is 26.6 Å². The van der Waals surface area contributed by atoms with Crippen LogP contribution in [0.25, 0.3) is 11.3 Å². The van der Waals surface area contributed by atoms with E-state index in [1.54, 1.807) is 50.5 Å². The fourth-order valence-electron chi connectivity index (χ4n) is 5.25. The van der Waals surface area contributed by atoms with Gasteiger partial charge in [-0.15, -0.1) is 0 Å². The number of aromatic nitrogens is 3. The van der Waals surface area contributed by atoms with Crippen LogP contribution in [0.3, 0.4) is 0 Å². The topological polar surface area (TPSA) is 132 Å². The van der Waals surface area contributed by atoms with Gasteiger partial charge in [-0.05, 0) is 81.8 Å². The lowest BCUT2D eigenvalue weighted by Crippen LogP contribution is -2.33. The van der Waals surface area contributed by atoms with Gasteiger partial charge in [0.05, 0.1) is 21.8 Å². The predicted octanol–water partition coefficient (Wildman–Crippen LogP) is 5.88. The second kappa shape index (κ2) is 11.8. The lowest BCUT2D eigenvalue weighted by atomic mass is 9.92. The molecule has 1 aliphatic rings. The van der Waals surface area contributed by atoms with E-state index in [1.807, 2.05) is 6.92 Å². The molecular weight excluding hydrogens is 543 g/mol. The van der Waals surface area contributed by atoms with Crippen molar-refractivity contribution in [1.29, 1.82) is 0 Å². The number of benzene rings is 2. The van der Waals surface area contributed by atoms with Gasteiger partial charge in [0, 0.05) is 36.7 Å². The Bertz CT molecular complexity index is 1650. The molecule has 0 bridgehead atoms. The fourth-order valence-corrected chi connectivity index (χ4v) is 6.75. The number of halogens is 1. The summed E-state index contributed by atoms with van der Waals surface area (Å²) >= 11 is 0. The fraction of sp³-hybridized carbons (Fsp3) is 0.300. The number of aryl methyl sites for hydroxylation is 3. The molecule has 1 saturated carbocycles. The van der Waals surface area contributed by atoms with E-state index >= 15 is 4.39 Å². The summed E-state index contributed by atoms with van der Waals surface area (Å²) in [5.74, 6) is 0.0194. The van der Waals surface area contributed by atoms with Crippen LogP contribution in [0.4, 0.5) is 16.0 Å². The smallest absolute Gasteiger partial charge is 0.262 e. The molecule has 0 amide bonds. The van der Waals surface area contributed by atoms with E-state index in [-0.39, 0.29) is 28.4 Å². The van der Waals surface area contributed by atoms with E-state index in [1.165, 1.54) is 18.3 Å². The maximum absolute atomic E-state index is 15.2. The van der Waals surface area contributed by atoms with Crippen molar-refractivity contribution >= 4 is 21.7 Å². The first kappa shape index (κ1) is 28.4. The molecule has 0 spiro atoms. The molecule has 41 heavy (non-hydrogen) atoms. The summed E-state index contributed by atoms with van der Waals surface area (Å²) in [5, 5.41) is 3.38. The standard InChI is InChI=1S/C30H33FN6O3S/c1-18-14-19(2)29(20(3)15-18)41(38,39)37-23-8-9-28(25(31)16-23)40-27-11-12-33-17-24(27)26-10-13-34-30(36-26)35-22-6-4-21(32)5-7-22/h8-17,21-22,37H,4-7,32H2,1-3H3,(H,34,35,36). The number of anilines is 2. The van der Waals surface area contributed by atoms with Gasteiger partial charge >= 0.3 is 0 Å². The Hall–Kier alpha value is -4.09. The zero-order valence-corrected chi connectivity index (χ0v) is 24.0. The SMILES string of the molecule is Cc1cc(C)c(S(=O)(=O)Nc2ccc(Oc3ccncc3-c3ccnc(NC4CCC(N)CC4)n3)c(F)c2)c(C)c1. The molecule has 4 N–H and O–H groups in total. The second-order valence-corrected chi connectivity index (χ2v) is 12.1. The summed E-state index contributed by atoms with van der Waals surface area (Å²) in [5.41, 5.74) is 9.42. The van der Waals surface area contributed by atoms with Crippen molar-refractivity contribution in [2.24, 2.45) is 5.73 Å². The summed E-state index contributed by atoms with van der Waals surface area (Å²) in [7, 11) is -3.93. The van der Waals surface area contributed by atoms with Crippen LogP contribution in [0.2, 0.25) is 0 Å². The first-order chi connectivity index (χ1) is 19.6. The van der Waals surface area contributed by atoms with E-state index in [4.69, 9.17) is 10.5 Å². The third-order valence-corrected chi connectivity index (χ3v) is 8.78. The molecule has 5 rings (SSSR count). The van der Waals surface area contributed by atoms with Gasteiger partial charge < -0.3 is 15.8 Å². The van der Waals surface area contributed by atoms with Crippen LogP contribution in [0.5, 0.6) is 11.5 Å². The quantitative estimate of drug-likeness (QED) is 0.237. The Labute approximate surface area is 239 Å². The number of hydrogen-bond acceptors (Lipinski definition) is 8. The van der Waals surface area contributed by atoms with Crippen molar-refractivity contribution in [3.05, 3.63) is 83.6 Å². The molecule has 0 saturated heterocycles. The van der Waals surface area contributed by atoms with Gasteiger partial charge in [-0.25, -0.2) is 22.8 Å². The molecule has 214 valence electrons. The molecule has 0 radical (unpaired) electrons. The first-order valence-corrected chi connectivity index (χ1v) is 14.9. The van der Waals surface area contributed by atoms with Gasteiger partial charge in [-0.2, -0.15) is 0 Å². The summed E-state index contributed by atoms with van der Waals surface area (Å²) in [4.78, 5) is 13.4. The number of ether oxygens (including phenoxy) is 1. The van der Waals surface area contributed by atoms with Gasteiger partial charge in [0.2, 0.25) is 5.95 Å². The Balaban J connectivity index is 1.35. The zero-order chi connectivity index (χ0) is 29.1. The molecular formula is C30H33FN6O3S. The molecule has 11 heteroatoms. The zero-order valence-electron chi connectivity index (χ0n) is 23.2. The largest absolute Gasteiger partial charge is 0.453 e. The number of sulfonamides is 1. The maximum atomic E-state index is 15.2. The Morgan fingerprint density at radius 1 is 0.951 bits per heavy atom. The van der Waals surface area contributed by atoms with Crippen molar-refractivity contribution < 1.29 is 17.5 Å². The Morgan fingerprint density at radius 3 is 2.39 bits per heavy atom. The second-order valence-electron chi connectivity index (χ2n) is 10.5. The van der Waals surface area contributed by atoms with Crippen LogP contribution in [0.15, 0.2) is 66.0 Å². The molecule has 2 heterocycles. The van der Waals surface area contributed by atoms with Crippen molar-refractivity contribution in [2.45, 2.75) is 63.4 Å². The summed E-state index contributed by atoms with van der Waals surface area (Å²) < 4.78 is 49.8. The van der Waals surface area contributed by atoms with Crippen molar-refractivity contribution in [3.8, 4) is 22.8 Å². The molecule has 1 fully saturated rings. The van der Waals surface area contributed by atoms with Gasteiger partial charge in [0.15, 0.2) is 11.6 Å². The normalized spacial score (nSPS) is 17.2. The molecule has 4 aromatic rings. The van der Waals surface area contributed by atoms with Crippen molar-refractivity contribution in [2.75, 3.05) is 10.0 Å². The number of rotatable bonds is 8. The van der Waals surface area contributed by atoms with E-state index in [0.29, 0.717) is 34.1 Å². The van der Waals surface area contributed by atoms with Gasteiger partial charge in [0.1, 0.15) is 5.75 Å². The minimum Gasteiger partial charge on any atom is -0.453 e. The molecule has 2 aromatic heterocycles. The average Bonchev–Trinajstić information content (AvgIpc) is 2.91. The molecule has 0 atom stereocenters. The highest BCUT2D eigenvalue weighted by atomic mass is 32.2. The number of nitrogens with two attached hydrogens (primary N) is 1. The summed E-state index contributed by atoms with van der Waals surface area (Å²) in [6.07, 6.45) is 8.58. The number of nitrogens with zero attached hydrogens (tertiary/aromatic N) is 3. The van der Waals surface area contributed by atoms with E-state index in [9.17, 15) is 8.42 Å². The highest BCUT2D eigenvalue weighted by Crippen LogP contribution is 2.34.